The van der Waals surface area contributed by atoms with Crippen molar-refractivity contribution in [2.24, 2.45) is 0 Å². The van der Waals surface area contributed by atoms with Crippen molar-refractivity contribution in [2.45, 2.75) is 38.4 Å². The molecule has 0 atom stereocenters. The highest BCUT2D eigenvalue weighted by molar-refractivity contribution is 9.10. The summed E-state index contributed by atoms with van der Waals surface area (Å²) in [6.07, 6.45) is 0.0884. The number of halogens is 1. The van der Waals surface area contributed by atoms with Crippen molar-refractivity contribution < 1.29 is 17.9 Å². The van der Waals surface area contributed by atoms with E-state index in [0.29, 0.717) is 19.6 Å². The highest BCUT2D eigenvalue weighted by Crippen LogP contribution is 2.19. The van der Waals surface area contributed by atoms with Crippen LogP contribution < -0.4 is 4.72 Å². The minimum Gasteiger partial charge on any atom is -0.353 e. The second-order valence-electron chi connectivity index (χ2n) is 4.44. The lowest BCUT2D eigenvalue weighted by atomic mass is 10.2. The van der Waals surface area contributed by atoms with Gasteiger partial charge in [-0.25, -0.2) is 13.1 Å². The maximum absolute atomic E-state index is 12.2. The molecule has 1 rings (SSSR count). The molecule has 0 unspecified atom stereocenters. The van der Waals surface area contributed by atoms with Crippen LogP contribution in [0.3, 0.4) is 0 Å². The Hall–Kier alpha value is -0.470. The van der Waals surface area contributed by atoms with Gasteiger partial charge in [-0.2, -0.15) is 0 Å². The van der Waals surface area contributed by atoms with E-state index in [4.69, 9.17) is 9.47 Å². The lowest BCUT2D eigenvalue weighted by Gasteiger charge is -2.17. The lowest BCUT2D eigenvalue weighted by Crippen LogP contribution is -2.29. The molecule has 0 heterocycles. The summed E-state index contributed by atoms with van der Waals surface area (Å²) in [7, 11) is -3.51. The van der Waals surface area contributed by atoms with Crippen molar-refractivity contribution in [1.82, 2.24) is 4.72 Å². The van der Waals surface area contributed by atoms with Gasteiger partial charge in [0.1, 0.15) is 0 Å². The van der Waals surface area contributed by atoms with Gasteiger partial charge in [0.25, 0.3) is 0 Å². The van der Waals surface area contributed by atoms with E-state index in [1.54, 1.807) is 18.2 Å². The number of benzene rings is 1. The van der Waals surface area contributed by atoms with Crippen LogP contribution in [0.5, 0.6) is 0 Å². The third-order valence-electron chi connectivity index (χ3n) is 2.82. The Balaban J connectivity index is 2.62. The van der Waals surface area contributed by atoms with Crippen molar-refractivity contribution in [3.05, 3.63) is 28.2 Å². The second kappa shape index (κ2) is 8.85. The third kappa shape index (κ3) is 6.04. The van der Waals surface area contributed by atoms with Gasteiger partial charge in [0.15, 0.2) is 6.29 Å². The van der Waals surface area contributed by atoms with Gasteiger partial charge in [0.2, 0.25) is 10.0 Å². The van der Waals surface area contributed by atoms with Crippen LogP contribution in [0, 0.1) is 6.92 Å². The largest absolute Gasteiger partial charge is 0.353 e. The Kier molecular flexibility index (Phi) is 7.83. The fraction of sp³-hybridized carbons (Fsp3) is 0.571. The molecule has 0 fully saturated rings. The Morgan fingerprint density at radius 1 is 1.24 bits per heavy atom. The molecule has 5 nitrogen and oxygen atoms in total. The van der Waals surface area contributed by atoms with Crippen LogP contribution in [0.15, 0.2) is 27.6 Å². The van der Waals surface area contributed by atoms with E-state index in [2.05, 4.69) is 20.7 Å². The Labute approximate surface area is 135 Å². The van der Waals surface area contributed by atoms with Crippen LogP contribution in [-0.2, 0) is 19.5 Å². The summed E-state index contributed by atoms with van der Waals surface area (Å²) >= 11 is 3.35. The Morgan fingerprint density at radius 2 is 1.86 bits per heavy atom. The first-order chi connectivity index (χ1) is 9.90. The van der Waals surface area contributed by atoms with E-state index in [0.717, 1.165) is 10.0 Å². The van der Waals surface area contributed by atoms with E-state index in [-0.39, 0.29) is 17.7 Å². The number of nitrogens with one attached hydrogen (secondary N) is 1. The average Bonchev–Trinajstić information content (AvgIpc) is 2.42. The number of aryl methyl sites for hydroxylation is 1. The smallest absolute Gasteiger partial charge is 0.240 e. The minimum absolute atomic E-state index is 0.257. The summed E-state index contributed by atoms with van der Waals surface area (Å²) in [5.41, 5.74) is 0.874. The minimum atomic E-state index is -3.51. The molecule has 7 heteroatoms. The molecular weight excluding hydrogens is 358 g/mol. The first-order valence-electron chi connectivity index (χ1n) is 6.89. The molecule has 1 aromatic carbocycles. The Morgan fingerprint density at radius 3 is 2.38 bits per heavy atom. The monoisotopic (exact) mass is 379 g/mol. The number of sulfonamides is 1. The van der Waals surface area contributed by atoms with Crippen LogP contribution in [-0.4, -0.2) is 34.5 Å². The molecule has 0 aliphatic rings. The zero-order valence-corrected chi connectivity index (χ0v) is 15.0. The molecule has 0 saturated heterocycles. The molecule has 1 N–H and O–H groups in total. The molecule has 0 aliphatic carbocycles. The normalized spacial score (nSPS) is 12.0. The third-order valence-corrected chi connectivity index (χ3v) is 5.17. The predicted molar refractivity (Wildman–Crippen MR) is 85.7 cm³/mol. The van der Waals surface area contributed by atoms with Crippen LogP contribution in [0.25, 0.3) is 0 Å². The zero-order chi connectivity index (χ0) is 15.9. The standard InChI is InChI=1S/C14H22BrNO4S/c1-4-19-14(20-5-2)8-9-16-21(17,18)12-6-7-13(15)11(3)10-12/h6-7,10,14,16H,4-5,8-9H2,1-3H3. The van der Waals surface area contributed by atoms with Crippen molar-refractivity contribution >= 4 is 26.0 Å². The molecule has 0 radical (unpaired) electrons. The molecule has 0 aliphatic heterocycles. The maximum Gasteiger partial charge on any atom is 0.240 e. The van der Waals surface area contributed by atoms with Crippen molar-refractivity contribution in [1.29, 1.82) is 0 Å². The fourth-order valence-electron chi connectivity index (χ4n) is 1.77. The van der Waals surface area contributed by atoms with Crippen LogP contribution >= 0.6 is 15.9 Å². The number of ether oxygens (including phenoxy) is 2. The summed E-state index contributed by atoms with van der Waals surface area (Å²) in [5.74, 6) is 0. The molecule has 0 amide bonds. The molecule has 0 bridgehead atoms. The SMILES string of the molecule is CCOC(CCNS(=O)(=O)c1ccc(Br)c(C)c1)OCC. The van der Waals surface area contributed by atoms with Gasteiger partial charge < -0.3 is 9.47 Å². The summed E-state index contributed by atoms with van der Waals surface area (Å²) in [4.78, 5) is 0.257. The van der Waals surface area contributed by atoms with Gasteiger partial charge >= 0.3 is 0 Å². The predicted octanol–water partition coefficient (Wildman–Crippen LogP) is 2.83. The number of hydrogen-bond acceptors (Lipinski definition) is 4. The van der Waals surface area contributed by atoms with Gasteiger partial charge in [-0.15, -0.1) is 0 Å². The van der Waals surface area contributed by atoms with Gasteiger partial charge in [0, 0.05) is 30.7 Å². The van der Waals surface area contributed by atoms with Crippen molar-refractivity contribution in [3.63, 3.8) is 0 Å². The molecular formula is C14H22BrNO4S. The molecule has 0 saturated carbocycles. The van der Waals surface area contributed by atoms with Crippen LogP contribution in [0.4, 0.5) is 0 Å². The first-order valence-corrected chi connectivity index (χ1v) is 9.17. The molecule has 1 aromatic rings. The van der Waals surface area contributed by atoms with E-state index >= 15 is 0 Å². The van der Waals surface area contributed by atoms with E-state index in [1.807, 2.05) is 20.8 Å². The van der Waals surface area contributed by atoms with E-state index < -0.39 is 10.0 Å². The van der Waals surface area contributed by atoms with Gasteiger partial charge in [-0.3, -0.25) is 0 Å². The summed E-state index contributed by atoms with van der Waals surface area (Å²) < 4.78 is 38.6. The molecule has 21 heavy (non-hydrogen) atoms. The summed E-state index contributed by atoms with van der Waals surface area (Å²) in [6, 6.07) is 4.93. The maximum atomic E-state index is 12.2. The molecule has 0 aromatic heterocycles. The number of rotatable bonds is 9. The number of hydrogen-bond donors (Lipinski definition) is 1. The van der Waals surface area contributed by atoms with E-state index in [9.17, 15) is 8.42 Å². The highest BCUT2D eigenvalue weighted by atomic mass is 79.9. The topological polar surface area (TPSA) is 64.6 Å². The fourth-order valence-corrected chi connectivity index (χ4v) is 3.14. The van der Waals surface area contributed by atoms with Gasteiger partial charge in [0.05, 0.1) is 4.90 Å². The molecule has 0 spiro atoms. The van der Waals surface area contributed by atoms with Gasteiger partial charge in [-0.1, -0.05) is 15.9 Å². The summed E-state index contributed by atoms with van der Waals surface area (Å²) in [5, 5.41) is 0. The Bertz CT molecular complexity index is 542. The van der Waals surface area contributed by atoms with E-state index in [1.165, 1.54) is 0 Å². The van der Waals surface area contributed by atoms with Crippen LogP contribution in [0.1, 0.15) is 25.8 Å². The first kappa shape index (κ1) is 18.6. The second-order valence-corrected chi connectivity index (χ2v) is 7.06. The summed E-state index contributed by atoms with van der Waals surface area (Å²) in [6.45, 7) is 6.93. The average molecular weight is 380 g/mol. The highest BCUT2D eigenvalue weighted by Gasteiger charge is 2.16. The van der Waals surface area contributed by atoms with Crippen LogP contribution in [0.2, 0.25) is 0 Å². The zero-order valence-electron chi connectivity index (χ0n) is 12.6. The van der Waals surface area contributed by atoms with Crippen molar-refractivity contribution in [3.8, 4) is 0 Å². The lowest BCUT2D eigenvalue weighted by molar-refractivity contribution is -0.138. The van der Waals surface area contributed by atoms with Crippen molar-refractivity contribution in [2.75, 3.05) is 19.8 Å². The quantitative estimate of drug-likeness (QED) is 0.670. The molecule has 120 valence electrons. The van der Waals surface area contributed by atoms with Gasteiger partial charge in [-0.05, 0) is 44.5 Å².